The van der Waals surface area contributed by atoms with Crippen LogP contribution >= 0.6 is 0 Å². The Bertz CT molecular complexity index is 573. The Morgan fingerprint density at radius 1 is 0.833 bits per heavy atom. The van der Waals surface area contributed by atoms with E-state index in [0.29, 0.717) is 19.4 Å². The van der Waals surface area contributed by atoms with Crippen molar-refractivity contribution in [1.29, 1.82) is 0 Å². The third-order valence-corrected chi connectivity index (χ3v) is 4.25. The molecule has 0 fully saturated rings. The molecule has 174 valence electrons. The molecule has 10 N–H and O–H groups in total. The van der Waals surface area contributed by atoms with Crippen LogP contribution in [0.5, 0.6) is 0 Å². The fraction of sp³-hybridized carbons (Fsp3) is 0.778. The van der Waals surface area contributed by atoms with Crippen molar-refractivity contribution < 1.29 is 34.5 Å². The van der Waals surface area contributed by atoms with E-state index in [1.165, 1.54) is 0 Å². The van der Waals surface area contributed by atoms with Gasteiger partial charge in [-0.1, -0.05) is 13.8 Å². The van der Waals surface area contributed by atoms with Crippen LogP contribution in [0.25, 0.3) is 0 Å². The maximum atomic E-state index is 12.8. The van der Waals surface area contributed by atoms with Crippen molar-refractivity contribution in [1.82, 2.24) is 16.0 Å². The highest BCUT2D eigenvalue weighted by molar-refractivity contribution is 5.94. The molecule has 0 rings (SSSR count). The summed E-state index contributed by atoms with van der Waals surface area (Å²) in [5.74, 6) is -3.54. The van der Waals surface area contributed by atoms with E-state index in [9.17, 15) is 19.2 Å². The summed E-state index contributed by atoms with van der Waals surface area (Å²) in [4.78, 5) is 48.3. The third-order valence-electron chi connectivity index (χ3n) is 4.25. The molecular formula is C18H35N5O7. The normalized spacial score (nSPS) is 15.0. The Kier molecular flexibility index (Phi) is 13.5. The molecule has 0 aromatic carbocycles. The zero-order chi connectivity index (χ0) is 23.3. The lowest BCUT2D eigenvalue weighted by Crippen LogP contribution is -2.58. The standard InChI is InChI=1S/C18H35N5O7/c1-10(2)7-13(22-15(26)11(20)8-24)17(28)21-12(5-3-4-6-19)16(27)23-14(9-25)18(29)30/h10-14,24-25H,3-9,19-20H2,1-2H3,(H,21,28)(H,22,26)(H,23,27)(H,29,30)/t11-,12-,13-,14-/m0/s1. The summed E-state index contributed by atoms with van der Waals surface area (Å²) in [6.07, 6.45) is 1.51. The number of rotatable bonds is 15. The monoisotopic (exact) mass is 433 g/mol. The highest BCUT2D eigenvalue weighted by Gasteiger charge is 2.30. The minimum absolute atomic E-state index is 0.0155. The summed E-state index contributed by atoms with van der Waals surface area (Å²) in [5.41, 5.74) is 10.9. The molecule has 0 aromatic heterocycles. The van der Waals surface area contributed by atoms with Crippen LogP contribution in [0.15, 0.2) is 0 Å². The van der Waals surface area contributed by atoms with Gasteiger partial charge >= 0.3 is 5.97 Å². The molecule has 0 aliphatic heterocycles. The molecule has 4 atom stereocenters. The Balaban J connectivity index is 5.35. The number of nitrogens with one attached hydrogen (secondary N) is 3. The van der Waals surface area contributed by atoms with E-state index in [0.717, 1.165) is 0 Å². The summed E-state index contributed by atoms with van der Waals surface area (Å²) >= 11 is 0. The number of amides is 3. The van der Waals surface area contributed by atoms with E-state index in [1.54, 1.807) is 0 Å². The number of hydrogen-bond donors (Lipinski definition) is 8. The predicted molar refractivity (Wildman–Crippen MR) is 108 cm³/mol. The fourth-order valence-corrected chi connectivity index (χ4v) is 2.56. The van der Waals surface area contributed by atoms with Gasteiger partial charge in [0.05, 0.1) is 13.2 Å². The zero-order valence-electron chi connectivity index (χ0n) is 17.5. The summed E-state index contributed by atoms with van der Waals surface area (Å²) in [5, 5.41) is 34.3. The molecule has 0 unspecified atom stereocenters. The van der Waals surface area contributed by atoms with Crippen LogP contribution in [0, 0.1) is 5.92 Å². The van der Waals surface area contributed by atoms with Gasteiger partial charge in [0.1, 0.15) is 24.2 Å². The minimum Gasteiger partial charge on any atom is -0.480 e. The van der Waals surface area contributed by atoms with Crippen LogP contribution < -0.4 is 27.4 Å². The molecule has 0 spiro atoms. The third kappa shape index (κ3) is 10.5. The average molecular weight is 434 g/mol. The molecule has 0 saturated carbocycles. The number of unbranched alkanes of at least 4 members (excludes halogenated alkanes) is 1. The summed E-state index contributed by atoms with van der Waals surface area (Å²) < 4.78 is 0. The second-order valence-corrected chi connectivity index (χ2v) is 7.41. The average Bonchev–Trinajstić information content (AvgIpc) is 2.69. The number of nitrogens with two attached hydrogens (primary N) is 2. The molecule has 12 heteroatoms. The first-order valence-corrected chi connectivity index (χ1v) is 9.88. The number of aliphatic hydroxyl groups excluding tert-OH is 2. The Morgan fingerprint density at radius 2 is 1.37 bits per heavy atom. The number of hydrogen-bond acceptors (Lipinski definition) is 8. The molecule has 0 heterocycles. The number of carbonyl (C=O) groups is 4. The van der Waals surface area contributed by atoms with Gasteiger partial charge in [-0.05, 0) is 38.1 Å². The second-order valence-electron chi connectivity index (χ2n) is 7.41. The lowest BCUT2D eigenvalue weighted by Gasteiger charge is -2.25. The summed E-state index contributed by atoms with van der Waals surface area (Å²) in [7, 11) is 0. The first kappa shape index (κ1) is 27.7. The van der Waals surface area contributed by atoms with Gasteiger partial charge in [0.15, 0.2) is 0 Å². The second kappa shape index (κ2) is 14.7. The van der Waals surface area contributed by atoms with Crippen molar-refractivity contribution in [3.8, 4) is 0 Å². The largest absolute Gasteiger partial charge is 0.480 e. The van der Waals surface area contributed by atoms with Gasteiger partial charge in [-0.25, -0.2) is 4.79 Å². The van der Waals surface area contributed by atoms with Crippen LogP contribution in [0.4, 0.5) is 0 Å². The first-order chi connectivity index (χ1) is 14.1. The number of aliphatic hydroxyl groups is 2. The molecule has 0 radical (unpaired) electrons. The van der Waals surface area contributed by atoms with Crippen LogP contribution in [-0.4, -0.2) is 82.9 Å². The van der Waals surface area contributed by atoms with Gasteiger partial charge in [-0.3, -0.25) is 14.4 Å². The van der Waals surface area contributed by atoms with Crippen LogP contribution in [-0.2, 0) is 19.2 Å². The highest BCUT2D eigenvalue weighted by Crippen LogP contribution is 2.08. The van der Waals surface area contributed by atoms with Gasteiger partial charge in [0.2, 0.25) is 17.7 Å². The van der Waals surface area contributed by atoms with Gasteiger partial charge in [0.25, 0.3) is 0 Å². The van der Waals surface area contributed by atoms with E-state index >= 15 is 0 Å². The topological polar surface area (TPSA) is 217 Å². The number of aliphatic carboxylic acids is 1. The quantitative estimate of drug-likeness (QED) is 0.123. The summed E-state index contributed by atoms with van der Waals surface area (Å²) in [6.45, 7) is 2.65. The number of carboxylic acid groups (broad SMARTS) is 1. The van der Waals surface area contributed by atoms with Crippen molar-refractivity contribution in [3.05, 3.63) is 0 Å². The fourth-order valence-electron chi connectivity index (χ4n) is 2.56. The maximum absolute atomic E-state index is 12.8. The van der Waals surface area contributed by atoms with E-state index in [-0.39, 0.29) is 18.8 Å². The summed E-state index contributed by atoms with van der Waals surface area (Å²) in [6, 6.07) is -4.80. The molecule has 0 saturated heterocycles. The van der Waals surface area contributed by atoms with E-state index < -0.39 is 61.1 Å². The SMILES string of the molecule is CC(C)C[C@H](NC(=O)[C@@H](N)CO)C(=O)N[C@@H](CCCCN)C(=O)N[C@@H](CO)C(=O)O. The molecule has 0 aliphatic rings. The van der Waals surface area contributed by atoms with Crippen LogP contribution in [0.2, 0.25) is 0 Å². The van der Waals surface area contributed by atoms with Crippen molar-refractivity contribution in [2.45, 2.75) is 63.7 Å². The molecule has 0 bridgehead atoms. The first-order valence-electron chi connectivity index (χ1n) is 9.88. The van der Waals surface area contributed by atoms with Crippen LogP contribution in [0.3, 0.4) is 0 Å². The van der Waals surface area contributed by atoms with E-state index in [1.807, 2.05) is 13.8 Å². The van der Waals surface area contributed by atoms with Crippen molar-refractivity contribution in [3.63, 3.8) is 0 Å². The van der Waals surface area contributed by atoms with Gasteiger partial charge in [0, 0.05) is 0 Å². The lowest BCUT2D eigenvalue weighted by molar-refractivity contribution is -0.143. The Morgan fingerprint density at radius 3 is 1.83 bits per heavy atom. The van der Waals surface area contributed by atoms with Crippen molar-refractivity contribution in [2.75, 3.05) is 19.8 Å². The zero-order valence-corrected chi connectivity index (χ0v) is 17.5. The Hall–Kier alpha value is -2.28. The molecule has 0 aliphatic carbocycles. The Labute approximate surface area is 175 Å². The molecule has 12 nitrogen and oxygen atoms in total. The molecular weight excluding hydrogens is 398 g/mol. The minimum atomic E-state index is -1.51. The van der Waals surface area contributed by atoms with E-state index in [2.05, 4.69) is 16.0 Å². The predicted octanol–water partition coefficient (Wildman–Crippen LogP) is -2.99. The van der Waals surface area contributed by atoms with Crippen molar-refractivity contribution >= 4 is 23.7 Å². The molecule has 30 heavy (non-hydrogen) atoms. The smallest absolute Gasteiger partial charge is 0.328 e. The number of carboxylic acids is 1. The van der Waals surface area contributed by atoms with E-state index in [4.69, 9.17) is 26.8 Å². The number of carbonyl (C=O) groups excluding carboxylic acids is 3. The van der Waals surface area contributed by atoms with Crippen LogP contribution in [0.1, 0.15) is 39.5 Å². The van der Waals surface area contributed by atoms with Gasteiger partial charge in [-0.2, -0.15) is 0 Å². The van der Waals surface area contributed by atoms with Gasteiger partial charge < -0.3 is 42.7 Å². The maximum Gasteiger partial charge on any atom is 0.328 e. The molecule has 0 aromatic rings. The lowest BCUT2D eigenvalue weighted by atomic mass is 10.0. The van der Waals surface area contributed by atoms with Crippen molar-refractivity contribution in [2.24, 2.45) is 17.4 Å². The van der Waals surface area contributed by atoms with Gasteiger partial charge in [-0.15, -0.1) is 0 Å². The molecule has 3 amide bonds. The highest BCUT2D eigenvalue weighted by atomic mass is 16.4.